The highest BCUT2D eigenvalue weighted by atomic mass is 32.1. The van der Waals surface area contributed by atoms with Gasteiger partial charge in [0, 0.05) is 0 Å². The summed E-state index contributed by atoms with van der Waals surface area (Å²) < 4.78 is 5.55. The van der Waals surface area contributed by atoms with Crippen LogP contribution in [0.1, 0.15) is 56.9 Å². The van der Waals surface area contributed by atoms with Gasteiger partial charge in [-0.3, -0.25) is 15.4 Å². The molecule has 0 aliphatic heterocycles. The van der Waals surface area contributed by atoms with E-state index in [1.807, 2.05) is 19.1 Å². The molecule has 2 N–H and O–H groups in total. The Hall–Kier alpha value is -2.55. The van der Waals surface area contributed by atoms with E-state index < -0.39 is 0 Å². The fourth-order valence-electron chi connectivity index (χ4n) is 3.30. The molecule has 0 spiro atoms. The first-order valence-electron chi connectivity index (χ1n) is 9.75. The molecule has 0 bridgehead atoms. The van der Waals surface area contributed by atoms with Gasteiger partial charge < -0.3 is 4.74 Å². The molecule has 1 heterocycles. The number of rotatable bonds is 7. The molecule has 1 fully saturated rings. The molecular weight excluding hydrogens is 376 g/mol. The Morgan fingerprint density at radius 2 is 2.00 bits per heavy atom. The third kappa shape index (κ3) is 5.98. The highest BCUT2D eigenvalue weighted by Crippen LogP contribution is 2.33. The number of tetrazole rings is 1. The maximum absolute atomic E-state index is 12.0. The highest BCUT2D eigenvalue weighted by Gasteiger charge is 2.15. The van der Waals surface area contributed by atoms with Gasteiger partial charge in [-0.15, -0.1) is 5.10 Å². The molecular formula is C19H26N6O2S. The lowest BCUT2D eigenvalue weighted by atomic mass is 9.84. The van der Waals surface area contributed by atoms with E-state index in [9.17, 15) is 4.79 Å². The number of aryl methyl sites for hydroxylation is 1. The van der Waals surface area contributed by atoms with E-state index in [2.05, 4.69) is 38.2 Å². The lowest BCUT2D eigenvalue weighted by molar-refractivity contribution is -0.121. The van der Waals surface area contributed by atoms with E-state index in [-0.39, 0.29) is 23.6 Å². The van der Waals surface area contributed by atoms with Crippen molar-refractivity contribution in [3.05, 3.63) is 29.8 Å². The van der Waals surface area contributed by atoms with Gasteiger partial charge in [-0.05, 0) is 60.3 Å². The van der Waals surface area contributed by atoms with Gasteiger partial charge in [0.05, 0.1) is 6.54 Å². The van der Waals surface area contributed by atoms with Gasteiger partial charge >= 0.3 is 0 Å². The quantitative estimate of drug-likeness (QED) is 0.688. The summed E-state index contributed by atoms with van der Waals surface area (Å²) in [6, 6.07) is 8.04. The Morgan fingerprint density at radius 1 is 1.25 bits per heavy atom. The third-order valence-corrected chi connectivity index (χ3v) is 4.89. The molecule has 1 amide bonds. The molecule has 1 aromatic carbocycles. The van der Waals surface area contributed by atoms with Crippen LogP contribution in [0.5, 0.6) is 5.75 Å². The van der Waals surface area contributed by atoms with Gasteiger partial charge in [-0.25, -0.2) is 0 Å². The zero-order valence-electron chi connectivity index (χ0n) is 16.1. The number of nitrogens with one attached hydrogen (secondary N) is 2. The molecule has 1 aromatic heterocycles. The second-order valence-corrected chi connectivity index (χ2v) is 7.31. The van der Waals surface area contributed by atoms with Crippen molar-refractivity contribution in [3.8, 4) is 5.75 Å². The van der Waals surface area contributed by atoms with Gasteiger partial charge in [0.1, 0.15) is 5.75 Å². The summed E-state index contributed by atoms with van der Waals surface area (Å²) in [6.45, 7) is 2.56. The van der Waals surface area contributed by atoms with E-state index in [1.165, 1.54) is 42.5 Å². The number of aromatic nitrogens is 4. The van der Waals surface area contributed by atoms with E-state index in [4.69, 9.17) is 17.0 Å². The summed E-state index contributed by atoms with van der Waals surface area (Å²) in [5, 5.41) is 17.2. The Morgan fingerprint density at radius 3 is 2.71 bits per heavy atom. The molecule has 9 heteroatoms. The molecule has 1 saturated carbocycles. The molecule has 1 aliphatic carbocycles. The van der Waals surface area contributed by atoms with Crippen molar-refractivity contribution < 1.29 is 9.53 Å². The van der Waals surface area contributed by atoms with Gasteiger partial charge in [-0.2, -0.15) is 4.80 Å². The van der Waals surface area contributed by atoms with Crippen LogP contribution in [0.15, 0.2) is 24.3 Å². The van der Waals surface area contributed by atoms with Gasteiger partial charge in [-0.1, -0.05) is 43.4 Å². The Bertz CT molecular complexity index is 786. The molecule has 28 heavy (non-hydrogen) atoms. The number of hydrogen-bond donors (Lipinski definition) is 2. The van der Waals surface area contributed by atoms with Crippen LogP contribution in [0.2, 0.25) is 0 Å². The molecule has 1 aliphatic rings. The van der Waals surface area contributed by atoms with Crippen LogP contribution in [0.25, 0.3) is 0 Å². The van der Waals surface area contributed by atoms with Gasteiger partial charge in [0.15, 0.2) is 11.7 Å². The van der Waals surface area contributed by atoms with Crippen molar-refractivity contribution in [2.24, 2.45) is 0 Å². The molecule has 0 atom stereocenters. The summed E-state index contributed by atoms with van der Waals surface area (Å²) in [5.74, 6) is 1.21. The van der Waals surface area contributed by atoms with Crippen molar-refractivity contribution in [2.75, 3.05) is 11.9 Å². The maximum Gasteiger partial charge on any atom is 0.269 e. The SMILES string of the molecule is CCCn1nnc(NC(=S)NC(=O)COc2ccc(C3CCCCC3)cc2)n1. The predicted octanol–water partition coefficient (Wildman–Crippen LogP) is 3.02. The predicted molar refractivity (Wildman–Crippen MR) is 110 cm³/mol. The number of carbonyl (C=O) groups excluding carboxylic acids is 1. The third-order valence-electron chi connectivity index (χ3n) is 4.68. The van der Waals surface area contributed by atoms with Crippen LogP contribution in [0.4, 0.5) is 5.95 Å². The minimum Gasteiger partial charge on any atom is -0.484 e. The van der Waals surface area contributed by atoms with Crippen molar-refractivity contribution in [2.45, 2.75) is 57.9 Å². The maximum atomic E-state index is 12.0. The van der Waals surface area contributed by atoms with Crippen LogP contribution < -0.4 is 15.4 Å². The number of amides is 1. The molecule has 150 valence electrons. The number of hydrogen-bond acceptors (Lipinski definition) is 6. The summed E-state index contributed by atoms with van der Waals surface area (Å²) in [4.78, 5) is 13.5. The van der Waals surface area contributed by atoms with Crippen LogP contribution in [0.3, 0.4) is 0 Å². The van der Waals surface area contributed by atoms with E-state index in [0.717, 1.165) is 6.42 Å². The average Bonchev–Trinajstić information content (AvgIpc) is 3.14. The normalized spacial score (nSPS) is 14.5. The van der Waals surface area contributed by atoms with E-state index in [0.29, 0.717) is 18.2 Å². The molecule has 0 unspecified atom stereocenters. The molecule has 2 aromatic rings. The first kappa shape index (κ1) is 20.2. The molecule has 0 radical (unpaired) electrons. The minimum atomic E-state index is -0.352. The Kier molecular flexibility index (Phi) is 7.30. The van der Waals surface area contributed by atoms with Crippen molar-refractivity contribution in [1.29, 1.82) is 0 Å². The first-order chi connectivity index (χ1) is 13.6. The first-order valence-corrected chi connectivity index (χ1v) is 10.2. The summed E-state index contributed by atoms with van der Waals surface area (Å²) >= 11 is 5.09. The van der Waals surface area contributed by atoms with Crippen molar-refractivity contribution >= 4 is 29.2 Å². The highest BCUT2D eigenvalue weighted by molar-refractivity contribution is 7.80. The lowest BCUT2D eigenvalue weighted by Gasteiger charge is -2.22. The standard InChI is InChI=1S/C19H26N6O2S/c1-2-12-25-23-18(22-24-25)21-19(28)20-17(26)13-27-16-10-8-15(9-11-16)14-6-4-3-5-7-14/h8-11,14H,2-7,12-13H2,1H3,(H2,20,21,23,26,28). The fraction of sp³-hybridized carbons (Fsp3) is 0.526. The van der Waals surface area contributed by atoms with Crippen LogP contribution in [-0.2, 0) is 11.3 Å². The van der Waals surface area contributed by atoms with Crippen LogP contribution >= 0.6 is 12.2 Å². The Labute approximate surface area is 170 Å². The average molecular weight is 403 g/mol. The van der Waals surface area contributed by atoms with Crippen LogP contribution in [-0.4, -0.2) is 37.8 Å². The second kappa shape index (κ2) is 10.1. The topological polar surface area (TPSA) is 94.0 Å². The number of nitrogens with zero attached hydrogens (tertiary/aromatic N) is 4. The summed E-state index contributed by atoms with van der Waals surface area (Å²) in [5.41, 5.74) is 1.35. The van der Waals surface area contributed by atoms with E-state index in [1.54, 1.807) is 0 Å². The number of ether oxygens (including phenoxy) is 1. The van der Waals surface area contributed by atoms with Crippen LogP contribution in [0, 0.1) is 0 Å². The fourth-order valence-corrected chi connectivity index (χ4v) is 3.51. The zero-order chi connectivity index (χ0) is 19.8. The van der Waals surface area contributed by atoms with Crippen molar-refractivity contribution in [3.63, 3.8) is 0 Å². The summed E-state index contributed by atoms with van der Waals surface area (Å²) in [6.07, 6.45) is 7.37. The number of thiocarbonyl (C=S) groups is 1. The van der Waals surface area contributed by atoms with E-state index >= 15 is 0 Å². The Balaban J connectivity index is 1.41. The molecule has 8 nitrogen and oxygen atoms in total. The smallest absolute Gasteiger partial charge is 0.269 e. The number of carbonyl (C=O) groups is 1. The number of benzene rings is 1. The monoisotopic (exact) mass is 402 g/mol. The van der Waals surface area contributed by atoms with Gasteiger partial charge in [0.2, 0.25) is 0 Å². The molecule has 0 saturated heterocycles. The number of anilines is 1. The lowest BCUT2D eigenvalue weighted by Crippen LogP contribution is -2.37. The molecule has 3 rings (SSSR count). The zero-order valence-corrected chi connectivity index (χ0v) is 16.9. The summed E-state index contributed by atoms with van der Waals surface area (Å²) in [7, 11) is 0. The second-order valence-electron chi connectivity index (χ2n) is 6.90. The minimum absolute atomic E-state index is 0.109. The van der Waals surface area contributed by atoms with Crippen molar-refractivity contribution in [1.82, 2.24) is 25.5 Å². The van der Waals surface area contributed by atoms with Gasteiger partial charge in [0.25, 0.3) is 11.9 Å². The largest absolute Gasteiger partial charge is 0.484 e.